The van der Waals surface area contributed by atoms with Crippen LogP contribution in [0.3, 0.4) is 0 Å². The molecule has 0 unspecified atom stereocenters. The molecule has 0 heterocycles. The normalized spacial score (nSPS) is 10.6. The van der Waals surface area contributed by atoms with Crippen molar-refractivity contribution in [3.8, 4) is 0 Å². The summed E-state index contributed by atoms with van der Waals surface area (Å²) in [7, 11) is 0. The zero-order valence-electron chi connectivity index (χ0n) is 16.9. The van der Waals surface area contributed by atoms with Gasteiger partial charge < -0.3 is 10.1 Å². The molecule has 3 aromatic carbocycles. The van der Waals surface area contributed by atoms with Gasteiger partial charge in [0.1, 0.15) is 0 Å². The van der Waals surface area contributed by atoms with Gasteiger partial charge >= 0.3 is 5.97 Å². The van der Waals surface area contributed by atoms with Crippen LogP contribution in [0.1, 0.15) is 44.2 Å². The number of hydrogen-bond donors (Lipinski definition) is 1. The number of amides is 1. The van der Waals surface area contributed by atoms with Gasteiger partial charge in [-0.2, -0.15) is 0 Å². The Morgan fingerprint density at radius 1 is 0.828 bits per heavy atom. The van der Waals surface area contributed by atoms with E-state index >= 15 is 0 Å². The zero-order valence-corrected chi connectivity index (χ0v) is 16.9. The lowest BCUT2D eigenvalue weighted by atomic mass is 9.99. The molecule has 0 saturated heterocycles. The van der Waals surface area contributed by atoms with Crippen molar-refractivity contribution in [1.29, 1.82) is 0 Å². The molecule has 0 radical (unpaired) electrons. The molecule has 0 spiro atoms. The van der Waals surface area contributed by atoms with E-state index in [0.717, 1.165) is 27.8 Å². The zero-order chi connectivity index (χ0) is 20.8. The van der Waals surface area contributed by atoms with Crippen LogP contribution >= 0.6 is 0 Å². The minimum atomic E-state index is -0.480. The van der Waals surface area contributed by atoms with E-state index in [1.165, 1.54) is 0 Å². The van der Waals surface area contributed by atoms with Gasteiger partial charge in [0.15, 0.2) is 6.61 Å². The van der Waals surface area contributed by atoms with Crippen LogP contribution in [-0.2, 0) is 9.53 Å². The first-order chi connectivity index (χ1) is 14.0. The van der Waals surface area contributed by atoms with Crippen molar-refractivity contribution < 1.29 is 14.3 Å². The molecule has 0 aromatic heterocycles. The average molecular weight is 387 g/mol. The lowest BCUT2D eigenvalue weighted by Crippen LogP contribution is -2.33. The maximum Gasteiger partial charge on any atom is 0.339 e. The third-order valence-electron chi connectivity index (χ3n) is 4.79. The van der Waals surface area contributed by atoms with E-state index < -0.39 is 5.97 Å². The fourth-order valence-corrected chi connectivity index (χ4v) is 3.56. The van der Waals surface area contributed by atoms with Gasteiger partial charge in [0.05, 0.1) is 11.6 Å². The Hall–Kier alpha value is -3.40. The van der Waals surface area contributed by atoms with E-state index in [9.17, 15) is 9.59 Å². The summed E-state index contributed by atoms with van der Waals surface area (Å²) >= 11 is 0. The number of carbonyl (C=O) groups excluding carboxylic acids is 2. The smallest absolute Gasteiger partial charge is 0.339 e. The number of nitrogens with one attached hydrogen (secondary N) is 1. The highest BCUT2D eigenvalue weighted by Crippen LogP contribution is 2.22. The van der Waals surface area contributed by atoms with E-state index in [0.29, 0.717) is 5.56 Å². The highest BCUT2D eigenvalue weighted by Gasteiger charge is 2.19. The van der Waals surface area contributed by atoms with Gasteiger partial charge in [-0.25, -0.2) is 4.79 Å². The van der Waals surface area contributed by atoms with E-state index in [-0.39, 0.29) is 18.6 Å². The molecule has 0 saturated carbocycles. The predicted molar refractivity (Wildman–Crippen MR) is 114 cm³/mol. The lowest BCUT2D eigenvalue weighted by molar-refractivity contribution is -0.124. The number of benzene rings is 3. The molecular weight excluding hydrogens is 362 g/mol. The molecule has 0 atom stereocenters. The third kappa shape index (κ3) is 5.11. The van der Waals surface area contributed by atoms with Crippen LogP contribution < -0.4 is 5.32 Å². The number of esters is 1. The lowest BCUT2D eigenvalue weighted by Gasteiger charge is -2.20. The number of hydrogen-bond acceptors (Lipinski definition) is 3. The Morgan fingerprint density at radius 2 is 1.31 bits per heavy atom. The Morgan fingerprint density at radius 3 is 1.79 bits per heavy atom. The SMILES string of the molecule is Cc1cc(C)c(C(=O)OCC(=O)NC(c2ccccc2)c2ccccc2)c(C)c1. The van der Waals surface area contributed by atoms with Crippen LogP contribution in [0.25, 0.3) is 0 Å². The van der Waals surface area contributed by atoms with Crippen molar-refractivity contribution in [2.24, 2.45) is 0 Å². The van der Waals surface area contributed by atoms with Crippen molar-refractivity contribution in [1.82, 2.24) is 5.32 Å². The Kier molecular flexibility index (Phi) is 6.45. The first-order valence-electron chi connectivity index (χ1n) is 9.60. The maximum absolute atomic E-state index is 12.6. The molecule has 0 aliphatic rings. The predicted octanol–water partition coefficient (Wildman–Crippen LogP) is 4.67. The first-order valence-corrected chi connectivity index (χ1v) is 9.60. The molecule has 0 fully saturated rings. The molecule has 1 N–H and O–H groups in total. The third-order valence-corrected chi connectivity index (χ3v) is 4.79. The molecule has 0 aliphatic heterocycles. The van der Waals surface area contributed by atoms with Crippen molar-refractivity contribution >= 4 is 11.9 Å². The van der Waals surface area contributed by atoms with Crippen LogP contribution in [0.2, 0.25) is 0 Å². The molecule has 3 rings (SSSR count). The fraction of sp³-hybridized carbons (Fsp3) is 0.200. The van der Waals surface area contributed by atoms with Gasteiger partial charge in [0.2, 0.25) is 0 Å². The minimum Gasteiger partial charge on any atom is -0.452 e. The second kappa shape index (κ2) is 9.20. The summed E-state index contributed by atoms with van der Waals surface area (Å²) in [5.74, 6) is -0.829. The quantitative estimate of drug-likeness (QED) is 0.625. The van der Waals surface area contributed by atoms with Gasteiger partial charge in [-0.05, 0) is 43.0 Å². The molecule has 0 aliphatic carbocycles. The monoisotopic (exact) mass is 387 g/mol. The summed E-state index contributed by atoms with van der Waals surface area (Å²) in [6.07, 6.45) is 0. The summed E-state index contributed by atoms with van der Waals surface area (Å²) in [5.41, 5.74) is 5.22. The fourth-order valence-electron chi connectivity index (χ4n) is 3.56. The van der Waals surface area contributed by atoms with E-state index in [1.54, 1.807) is 0 Å². The van der Waals surface area contributed by atoms with Crippen molar-refractivity contribution in [3.05, 3.63) is 106 Å². The molecule has 1 amide bonds. The van der Waals surface area contributed by atoms with Gasteiger partial charge in [-0.15, -0.1) is 0 Å². The molecule has 148 valence electrons. The van der Waals surface area contributed by atoms with Crippen LogP contribution in [-0.4, -0.2) is 18.5 Å². The molecule has 3 aromatic rings. The topological polar surface area (TPSA) is 55.4 Å². The maximum atomic E-state index is 12.6. The summed E-state index contributed by atoms with van der Waals surface area (Å²) < 4.78 is 5.31. The summed E-state index contributed by atoms with van der Waals surface area (Å²) in [4.78, 5) is 25.1. The van der Waals surface area contributed by atoms with Crippen molar-refractivity contribution in [2.75, 3.05) is 6.61 Å². The van der Waals surface area contributed by atoms with E-state index in [2.05, 4.69) is 5.32 Å². The number of carbonyl (C=O) groups is 2. The van der Waals surface area contributed by atoms with Gasteiger partial charge in [-0.3, -0.25) is 4.79 Å². The second-order valence-corrected chi connectivity index (χ2v) is 7.17. The van der Waals surface area contributed by atoms with Gasteiger partial charge in [0.25, 0.3) is 5.91 Å². The van der Waals surface area contributed by atoms with Crippen LogP contribution in [0, 0.1) is 20.8 Å². The second-order valence-electron chi connectivity index (χ2n) is 7.17. The summed E-state index contributed by atoms with van der Waals surface area (Å²) in [5, 5.41) is 2.98. The number of rotatable bonds is 6. The van der Waals surface area contributed by atoms with Crippen molar-refractivity contribution in [3.63, 3.8) is 0 Å². The molecule has 4 nitrogen and oxygen atoms in total. The van der Waals surface area contributed by atoms with Crippen LogP contribution in [0.15, 0.2) is 72.8 Å². The molecule has 0 bridgehead atoms. The Labute approximate surface area is 171 Å². The molecule has 29 heavy (non-hydrogen) atoms. The van der Waals surface area contributed by atoms with Crippen LogP contribution in [0.4, 0.5) is 0 Å². The molecule has 4 heteroatoms. The average Bonchev–Trinajstić information content (AvgIpc) is 2.71. The number of ether oxygens (including phenoxy) is 1. The Balaban J connectivity index is 1.71. The van der Waals surface area contributed by atoms with Gasteiger partial charge in [-0.1, -0.05) is 78.4 Å². The minimum absolute atomic E-state index is 0.313. The molecular formula is C25H25NO3. The van der Waals surface area contributed by atoms with E-state index in [1.807, 2.05) is 93.6 Å². The highest BCUT2D eigenvalue weighted by molar-refractivity contribution is 5.94. The van der Waals surface area contributed by atoms with Gasteiger partial charge in [0, 0.05) is 0 Å². The Bertz CT molecular complexity index is 935. The largest absolute Gasteiger partial charge is 0.452 e. The van der Waals surface area contributed by atoms with E-state index in [4.69, 9.17) is 4.74 Å². The highest BCUT2D eigenvalue weighted by atomic mass is 16.5. The van der Waals surface area contributed by atoms with Crippen molar-refractivity contribution in [2.45, 2.75) is 26.8 Å². The first kappa shape index (κ1) is 20.3. The standard InChI is InChI=1S/C25H25NO3/c1-17-14-18(2)23(19(3)15-17)25(28)29-16-22(27)26-24(20-10-6-4-7-11-20)21-12-8-5-9-13-21/h4-15,24H,16H2,1-3H3,(H,26,27). The van der Waals surface area contributed by atoms with Crippen LogP contribution in [0.5, 0.6) is 0 Å². The number of aryl methyl sites for hydroxylation is 3. The summed E-state index contributed by atoms with van der Waals surface area (Å²) in [6, 6.07) is 23.0. The summed E-state index contributed by atoms with van der Waals surface area (Å²) in [6.45, 7) is 5.40.